The van der Waals surface area contributed by atoms with Crippen LogP contribution in [0, 0.1) is 13.8 Å². The van der Waals surface area contributed by atoms with Crippen LogP contribution in [0.25, 0.3) is 0 Å². The second-order valence-electron chi connectivity index (χ2n) is 5.02. The van der Waals surface area contributed by atoms with Crippen molar-refractivity contribution in [2.75, 3.05) is 5.75 Å². The molecule has 5 nitrogen and oxygen atoms in total. The molecule has 0 atom stereocenters. The van der Waals surface area contributed by atoms with E-state index >= 15 is 0 Å². The fourth-order valence-electron chi connectivity index (χ4n) is 1.97. The predicted octanol–water partition coefficient (Wildman–Crippen LogP) is 3.10. The molecule has 0 aliphatic carbocycles. The van der Waals surface area contributed by atoms with Crippen LogP contribution in [0.1, 0.15) is 17.0 Å². The number of nitrogens with zero attached hydrogens (tertiary/aromatic N) is 2. The van der Waals surface area contributed by atoms with Crippen molar-refractivity contribution in [1.82, 2.24) is 15.3 Å². The van der Waals surface area contributed by atoms with Gasteiger partial charge in [-0.15, -0.1) is 0 Å². The Bertz CT molecular complexity index is 693. The van der Waals surface area contributed by atoms with Crippen LogP contribution in [0.5, 0.6) is 5.75 Å². The highest BCUT2D eigenvalue weighted by Gasteiger charge is 2.08. The molecule has 1 heterocycles. The second-order valence-corrected chi connectivity index (χ2v) is 5.97. The normalized spacial score (nSPS) is 10.7. The van der Waals surface area contributed by atoms with Crippen molar-refractivity contribution in [3.05, 3.63) is 47.3 Å². The van der Waals surface area contributed by atoms with E-state index in [1.807, 2.05) is 19.9 Å². The lowest BCUT2D eigenvalue weighted by atomic mass is 10.2. The van der Waals surface area contributed by atoms with Gasteiger partial charge in [0.15, 0.2) is 5.16 Å². The molecule has 1 amide bonds. The number of alkyl halides is 2. The maximum atomic E-state index is 12.2. The van der Waals surface area contributed by atoms with Gasteiger partial charge in [0.2, 0.25) is 5.91 Å². The molecule has 1 N–H and O–H groups in total. The largest absolute Gasteiger partial charge is 0.435 e. The first-order valence-corrected chi connectivity index (χ1v) is 8.16. The summed E-state index contributed by atoms with van der Waals surface area (Å²) in [5.74, 6) is 0.0496. The van der Waals surface area contributed by atoms with Gasteiger partial charge in [0, 0.05) is 17.9 Å². The quantitative estimate of drug-likeness (QED) is 0.612. The number of carbonyl (C=O) groups excluding carboxylic acids is 1. The summed E-state index contributed by atoms with van der Waals surface area (Å²) < 4.78 is 28.7. The number of aryl methyl sites for hydroxylation is 2. The van der Waals surface area contributed by atoms with Crippen LogP contribution in [0.15, 0.2) is 35.5 Å². The lowest BCUT2D eigenvalue weighted by Crippen LogP contribution is -2.24. The lowest BCUT2D eigenvalue weighted by Gasteiger charge is -2.08. The molecule has 1 aromatic carbocycles. The molecular weight excluding hydrogens is 336 g/mol. The zero-order valence-electron chi connectivity index (χ0n) is 13.3. The van der Waals surface area contributed by atoms with Crippen LogP contribution in [-0.4, -0.2) is 28.2 Å². The van der Waals surface area contributed by atoms with Crippen LogP contribution < -0.4 is 10.1 Å². The second kappa shape index (κ2) is 8.58. The Morgan fingerprint density at radius 1 is 1.25 bits per heavy atom. The standard InChI is InChI=1S/C16H17F2N3O2S/c1-10-6-11(2)21-16(20-10)24-9-14(22)19-8-12-4-3-5-13(7-12)23-15(17)18/h3-7,15H,8-9H2,1-2H3,(H,19,22). The van der Waals surface area contributed by atoms with E-state index < -0.39 is 6.61 Å². The molecule has 1 aromatic heterocycles. The number of thioether (sulfide) groups is 1. The van der Waals surface area contributed by atoms with Gasteiger partial charge in [0.1, 0.15) is 5.75 Å². The van der Waals surface area contributed by atoms with Crippen molar-refractivity contribution < 1.29 is 18.3 Å². The summed E-state index contributed by atoms with van der Waals surface area (Å²) in [4.78, 5) is 20.4. The van der Waals surface area contributed by atoms with E-state index in [0.717, 1.165) is 11.4 Å². The molecule has 0 saturated heterocycles. The molecule has 0 saturated carbocycles. The monoisotopic (exact) mass is 353 g/mol. The number of ether oxygens (including phenoxy) is 1. The first kappa shape index (κ1) is 18.1. The molecule has 0 aliphatic heterocycles. The minimum atomic E-state index is -2.87. The van der Waals surface area contributed by atoms with E-state index in [1.54, 1.807) is 12.1 Å². The molecular formula is C16H17F2N3O2S. The zero-order chi connectivity index (χ0) is 17.5. The summed E-state index contributed by atoms with van der Waals surface area (Å²) in [5.41, 5.74) is 2.37. The lowest BCUT2D eigenvalue weighted by molar-refractivity contribution is -0.118. The Labute approximate surface area is 142 Å². The molecule has 24 heavy (non-hydrogen) atoms. The summed E-state index contributed by atoms with van der Waals surface area (Å²) >= 11 is 1.25. The smallest absolute Gasteiger partial charge is 0.387 e. The van der Waals surface area contributed by atoms with E-state index in [4.69, 9.17) is 0 Å². The fraction of sp³-hybridized carbons (Fsp3) is 0.312. The summed E-state index contributed by atoms with van der Waals surface area (Å²) in [6.07, 6.45) is 0. The van der Waals surface area contributed by atoms with E-state index in [-0.39, 0.29) is 24.0 Å². The Morgan fingerprint density at radius 3 is 2.62 bits per heavy atom. The molecule has 0 radical (unpaired) electrons. The van der Waals surface area contributed by atoms with Crippen LogP contribution in [0.2, 0.25) is 0 Å². The Balaban J connectivity index is 1.82. The number of halogens is 2. The summed E-state index contributed by atoms with van der Waals surface area (Å²) in [7, 11) is 0. The van der Waals surface area contributed by atoms with Crippen LogP contribution in [0.4, 0.5) is 8.78 Å². The summed E-state index contributed by atoms with van der Waals surface area (Å²) in [6, 6.07) is 8.08. The highest BCUT2D eigenvalue weighted by Crippen LogP contribution is 2.16. The minimum Gasteiger partial charge on any atom is -0.435 e. The minimum absolute atomic E-state index is 0.0646. The van der Waals surface area contributed by atoms with Gasteiger partial charge in [0.25, 0.3) is 0 Å². The third kappa shape index (κ3) is 6.11. The van der Waals surface area contributed by atoms with Crippen LogP contribution in [-0.2, 0) is 11.3 Å². The van der Waals surface area contributed by atoms with Gasteiger partial charge in [0.05, 0.1) is 5.75 Å². The van der Waals surface area contributed by atoms with Crippen LogP contribution in [0.3, 0.4) is 0 Å². The van der Waals surface area contributed by atoms with Crippen molar-refractivity contribution >= 4 is 17.7 Å². The maximum absolute atomic E-state index is 12.2. The van der Waals surface area contributed by atoms with Gasteiger partial charge in [-0.05, 0) is 37.6 Å². The maximum Gasteiger partial charge on any atom is 0.387 e. The van der Waals surface area contributed by atoms with E-state index in [1.165, 1.54) is 23.9 Å². The number of hydrogen-bond donors (Lipinski definition) is 1. The molecule has 2 rings (SSSR count). The van der Waals surface area contributed by atoms with Crippen molar-refractivity contribution in [1.29, 1.82) is 0 Å². The molecule has 0 aliphatic rings. The molecule has 0 unspecified atom stereocenters. The molecule has 0 fully saturated rings. The Kier molecular flexibility index (Phi) is 6.48. The van der Waals surface area contributed by atoms with Gasteiger partial charge in [-0.3, -0.25) is 4.79 Å². The zero-order valence-corrected chi connectivity index (χ0v) is 14.1. The average molecular weight is 353 g/mol. The van der Waals surface area contributed by atoms with Gasteiger partial charge in [-0.2, -0.15) is 8.78 Å². The number of rotatable bonds is 7. The number of nitrogens with one attached hydrogen (secondary N) is 1. The van der Waals surface area contributed by atoms with Gasteiger partial charge in [-0.25, -0.2) is 9.97 Å². The molecule has 8 heteroatoms. The number of benzene rings is 1. The van der Waals surface area contributed by atoms with Gasteiger partial charge in [-0.1, -0.05) is 23.9 Å². The number of carbonyl (C=O) groups is 1. The van der Waals surface area contributed by atoms with E-state index in [9.17, 15) is 13.6 Å². The highest BCUT2D eigenvalue weighted by atomic mass is 32.2. The van der Waals surface area contributed by atoms with E-state index in [0.29, 0.717) is 10.7 Å². The topological polar surface area (TPSA) is 64.1 Å². The number of hydrogen-bond acceptors (Lipinski definition) is 5. The molecule has 2 aromatic rings. The van der Waals surface area contributed by atoms with Crippen molar-refractivity contribution in [3.8, 4) is 5.75 Å². The summed E-state index contributed by atoms with van der Waals surface area (Å²) in [5, 5.41) is 3.27. The number of amides is 1. The van der Waals surface area contributed by atoms with Crippen molar-refractivity contribution in [2.45, 2.75) is 32.2 Å². The van der Waals surface area contributed by atoms with Crippen molar-refractivity contribution in [3.63, 3.8) is 0 Å². The van der Waals surface area contributed by atoms with Crippen molar-refractivity contribution in [2.24, 2.45) is 0 Å². The van der Waals surface area contributed by atoms with Crippen LogP contribution >= 0.6 is 11.8 Å². The van der Waals surface area contributed by atoms with Gasteiger partial charge >= 0.3 is 6.61 Å². The Morgan fingerprint density at radius 2 is 1.96 bits per heavy atom. The first-order chi connectivity index (χ1) is 11.4. The third-order valence-corrected chi connectivity index (χ3v) is 3.75. The molecule has 0 spiro atoms. The van der Waals surface area contributed by atoms with Gasteiger partial charge < -0.3 is 10.1 Å². The molecule has 0 bridgehead atoms. The third-order valence-electron chi connectivity index (χ3n) is 2.91. The Hall–Kier alpha value is -2.22. The predicted molar refractivity (Wildman–Crippen MR) is 87.2 cm³/mol. The average Bonchev–Trinajstić information content (AvgIpc) is 2.50. The SMILES string of the molecule is Cc1cc(C)nc(SCC(=O)NCc2cccc(OC(F)F)c2)n1. The molecule has 128 valence electrons. The number of aromatic nitrogens is 2. The summed E-state index contributed by atoms with van der Waals surface area (Å²) in [6.45, 7) is 1.10. The van der Waals surface area contributed by atoms with E-state index in [2.05, 4.69) is 20.0 Å². The fourth-order valence-corrected chi connectivity index (χ4v) is 2.75. The first-order valence-electron chi connectivity index (χ1n) is 7.18. The highest BCUT2D eigenvalue weighted by molar-refractivity contribution is 7.99.